The number of aryl methyl sites for hydroxylation is 1. The number of pyridine rings is 1. The summed E-state index contributed by atoms with van der Waals surface area (Å²) in [5.41, 5.74) is 8.10. The van der Waals surface area contributed by atoms with Crippen molar-refractivity contribution in [2.24, 2.45) is 10.2 Å². The Morgan fingerprint density at radius 3 is 1.63 bits per heavy atom. The molecule has 0 saturated carbocycles. The van der Waals surface area contributed by atoms with Crippen LogP contribution in [-0.4, -0.2) is 31.5 Å². The van der Waals surface area contributed by atoms with Gasteiger partial charge in [0, 0.05) is 32.7 Å². The third-order valence-electron chi connectivity index (χ3n) is 1.66. The van der Waals surface area contributed by atoms with Crippen molar-refractivity contribution < 1.29 is 55.8 Å². The zero-order valence-electron chi connectivity index (χ0n) is 10.7. The molecule has 0 aliphatic carbocycles. The number of aromatic nitrogens is 1. The van der Waals surface area contributed by atoms with Crippen LogP contribution in [0.2, 0.25) is 0 Å². The van der Waals surface area contributed by atoms with Crippen LogP contribution in [0.1, 0.15) is 17.0 Å². The fourth-order valence-electron chi connectivity index (χ4n) is 1.12. The van der Waals surface area contributed by atoms with E-state index in [1.807, 2.05) is 19.1 Å². The van der Waals surface area contributed by atoms with Gasteiger partial charge in [-0.3, -0.25) is 0 Å². The quantitative estimate of drug-likeness (QED) is 0.413. The normalized spacial score (nSPS) is 8.79. The van der Waals surface area contributed by atoms with Gasteiger partial charge in [-0.1, -0.05) is 0 Å². The van der Waals surface area contributed by atoms with Crippen molar-refractivity contribution in [2.75, 3.05) is 14.1 Å². The van der Waals surface area contributed by atoms with Gasteiger partial charge in [0.05, 0.1) is 23.8 Å². The molecular weight excluding hydrogens is 347 g/mol. The van der Waals surface area contributed by atoms with Crippen molar-refractivity contribution in [3.63, 3.8) is 0 Å². The molecule has 5 nitrogen and oxygen atoms in total. The predicted molar refractivity (Wildman–Crippen MR) is 62.3 cm³/mol. The Morgan fingerprint density at radius 1 is 0.947 bits per heavy atom. The molecule has 0 fully saturated rings. The second-order valence-electron chi connectivity index (χ2n) is 2.96. The van der Waals surface area contributed by atoms with Gasteiger partial charge in [0.25, 0.3) is 0 Å². The summed E-state index contributed by atoms with van der Waals surface area (Å²) in [5.74, 6) is 0. The molecule has 0 aliphatic heterocycles. The van der Waals surface area contributed by atoms with Gasteiger partial charge >= 0.3 is 0 Å². The van der Waals surface area contributed by atoms with Crippen LogP contribution in [0.4, 0.5) is 0 Å². The van der Waals surface area contributed by atoms with Crippen molar-refractivity contribution in [2.45, 2.75) is 6.92 Å². The Bertz CT molecular complexity index is 355. The summed E-state index contributed by atoms with van der Waals surface area (Å²) in [5, 5.41) is 7.81. The summed E-state index contributed by atoms with van der Waals surface area (Å²) in [6.45, 7) is 2.01. The van der Waals surface area contributed by atoms with Gasteiger partial charge in [-0.25, -0.2) is 4.98 Å². The summed E-state index contributed by atoms with van der Waals surface area (Å²) in [6, 6.07) is 3.91. The molecule has 1 rings (SSSR count). The molecule has 1 aromatic heterocycles. The molecule has 0 bridgehead atoms. The fourth-order valence-corrected chi connectivity index (χ4v) is 1.12. The van der Waals surface area contributed by atoms with Crippen molar-refractivity contribution in [1.29, 1.82) is 0 Å². The summed E-state index contributed by atoms with van der Waals surface area (Å²) < 4.78 is 0. The average molecular weight is 363 g/mol. The predicted octanol–water partition coefficient (Wildman–Crippen LogP) is -8.49. The zero-order valence-corrected chi connectivity index (χ0v) is 14.4. The molecule has 19 heavy (non-hydrogen) atoms. The second-order valence-corrected chi connectivity index (χ2v) is 2.96. The summed E-state index contributed by atoms with van der Waals surface area (Å²) in [6.07, 6.45) is 3.34. The van der Waals surface area contributed by atoms with E-state index in [0.29, 0.717) is 0 Å². The van der Waals surface area contributed by atoms with Gasteiger partial charge < -0.3 is 48.1 Å². The first-order valence-electron chi connectivity index (χ1n) is 4.64. The first-order chi connectivity index (χ1) is 7.26. The SMILES string of the molecule is CNN=Cc1cc(C)cc(C=NNC)n1.[Cl-].[Cl-].[Cl-].[V]. The topological polar surface area (TPSA) is 61.7 Å². The van der Waals surface area contributed by atoms with Crippen LogP contribution in [0.3, 0.4) is 0 Å². The standard InChI is InChI=1S/C10H15N5.3ClH.V/c1-8-4-9(6-13-11-2)15-10(5-8)7-14-12-3;;;;/h4-7,11-12H,1-3H3;3*1H;/p-3. The van der Waals surface area contributed by atoms with Crippen LogP contribution in [0.25, 0.3) is 0 Å². The van der Waals surface area contributed by atoms with Gasteiger partial charge in [0.1, 0.15) is 0 Å². The first-order valence-corrected chi connectivity index (χ1v) is 4.64. The molecule has 0 atom stereocenters. The Labute approximate surface area is 144 Å². The molecule has 109 valence electrons. The largest absolute Gasteiger partial charge is 1.00 e. The molecule has 0 unspecified atom stereocenters. The minimum atomic E-state index is 0. The van der Waals surface area contributed by atoms with Gasteiger partial charge in [-0.15, -0.1) is 0 Å². The second kappa shape index (κ2) is 15.6. The molecule has 0 amide bonds. The molecular formula is C10H15Cl3N5V-3. The summed E-state index contributed by atoms with van der Waals surface area (Å²) in [4.78, 5) is 4.33. The maximum atomic E-state index is 4.33. The number of halogens is 3. The number of nitrogens with one attached hydrogen (secondary N) is 2. The Kier molecular flexibility index (Phi) is 22.2. The van der Waals surface area contributed by atoms with Gasteiger partial charge in [0.2, 0.25) is 0 Å². The maximum absolute atomic E-state index is 4.33. The van der Waals surface area contributed by atoms with E-state index in [2.05, 4.69) is 26.0 Å². The van der Waals surface area contributed by atoms with Crippen molar-refractivity contribution in [3.05, 3.63) is 29.1 Å². The number of rotatable bonds is 4. The van der Waals surface area contributed by atoms with Crippen LogP contribution in [-0.2, 0) is 18.6 Å². The minimum absolute atomic E-state index is 0. The monoisotopic (exact) mass is 361 g/mol. The van der Waals surface area contributed by atoms with Crippen molar-refractivity contribution in [3.8, 4) is 0 Å². The van der Waals surface area contributed by atoms with Crippen LogP contribution in [0.15, 0.2) is 22.3 Å². The van der Waals surface area contributed by atoms with Crippen LogP contribution in [0.5, 0.6) is 0 Å². The number of hydrogen-bond donors (Lipinski definition) is 2. The maximum Gasteiger partial charge on any atom is 0.0840 e. The van der Waals surface area contributed by atoms with E-state index in [4.69, 9.17) is 0 Å². The van der Waals surface area contributed by atoms with Crippen LogP contribution < -0.4 is 48.1 Å². The van der Waals surface area contributed by atoms with Crippen molar-refractivity contribution >= 4 is 12.4 Å². The van der Waals surface area contributed by atoms with E-state index in [-0.39, 0.29) is 55.8 Å². The Hall–Kier alpha value is -0.456. The van der Waals surface area contributed by atoms with E-state index in [1.54, 1.807) is 26.5 Å². The van der Waals surface area contributed by atoms with Gasteiger partial charge in [-0.2, -0.15) is 10.2 Å². The smallest absolute Gasteiger partial charge is 0.0840 e. The molecule has 0 spiro atoms. The third-order valence-corrected chi connectivity index (χ3v) is 1.66. The molecule has 9 heteroatoms. The summed E-state index contributed by atoms with van der Waals surface area (Å²) >= 11 is 0. The van der Waals surface area contributed by atoms with Gasteiger partial charge in [-0.05, 0) is 24.6 Å². The van der Waals surface area contributed by atoms with Crippen molar-refractivity contribution in [1.82, 2.24) is 15.8 Å². The average Bonchev–Trinajstić information content (AvgIpc) is 2.23. The molecule has 0 aromatic carbocycles. The molecule has 0 saturated heterocycles. The number of hydrazone groups is 2. The molecule has 0 aliphatic rings. The fraction of sp³-hybridized carbons (Fsp3) is 0.300. The molecule has 1 radical (unpaired) electrons. The van der Waals surface area contributed by atoms with Crippen LogP contribution >= 0.6 is 0 Å². The molecule has 1 aromatic rings. The molecule has 1 heterocycles. The van der Waals surface area contributed by atoms with E-state index in [9.17, 15) is 0 Å². The molecule has 2 N–H and O–H groups in total. The first kappa shape index (κ1) is 27.0. The Balaban J connectivity index is -0.000000281. The van der Waals surface area contributed by atoms with Gasteiger partial charge in [0.15, 0.2) is 0 Å². The van der Waals surface area contributed by atoms with E-state index in [1.165, 1.54) is 0 Å². The van der Waals surface area contributed by atoms with E-state index >= 15 is 0 Å². The third kappa shape index (κ3) is 11.1. The number of nitrogens with zero attached hydrogens (tertiary/aromatic N) is 3. The Morgan fingerprint density at radius 2 is 1.32 bits per heavy atom. The van der Waals surface area contributed by atoms with E-state index < -0.39 is 0 Å². The summed E-state index contributed by atoms with van der Waals surface area (Å²) in [7, 11) is 3.49. The van der Waals surface area contributed by atoms with E-state index in [0.717, 1.165) is 17.0 Å². The number of hydrogen-bond acceptors (Lipinski definition) is 5. The zero-order chi connectivity index (χ0) is 11.1. The minimum Gasteiger partial charge on any atom is -1.00 e. The van der Waals surface area contributed by atoms with Crippen LogP contribution in [0, 0.1) is 6.92 Å².